The number of nitrogens with zero attached hydrogens (tertiary/aromatic N) is 1. The van der Waals surface area contributed by atoms with Crippen molar-refractivity contribution in [2.24, 2.45) is 4.99 Å². The predicted octanol–water partition coefficient (Wildman–Crippen LogP) is 4.58. The smallest absolute Gasteiger partial charge is 0.341 e. The van der Waals surface area contributed by atoms with Crippen LogP contribution in [0.1, 0.15) is 5.56 Å². The molecule has 1 aliphatic rings. The highest BCUT2D eigenvalue weighted by atomic mass is 79.9. The molecular weight excluding hydrogens is 528 g/mol. The van der Waals surface area contributed by atoms with Gasteiger partial charge < -0.3 is 19.9 Å². The zero-order valence-corrected chi connectivity index (χ0v) is 18.9. The maximum Gasteiger partial charge on any atom is 0.341 e. The van der Waals surface area contributed by atoms with Crippen molar-refractivity contribution in [2.45, 2.75) is 0 Å². The summed E-state index contributed by atoms with van der Waals surface area (Å²) >= 11 is 7.95. The molecule has 29 heavy (non-hydrogen) atoms. The Morgan fingerprint density at radius 3 is 2.48 bits per heavy atom. The number of rotatable bonds is 6. The van der Waals surface area contributed by atoms with E-state index in [4.69, 9.17) is 14.6 Å². The van der Waals surface area contributed by atoms with Crippen LogP contribution in [0.3, 0.4) is 0 Å². The van der Waals surface area contributed by atoms with E-state index in [2.05, 4.69) is 42.2 Å². The summed E-state index contributed by atoms with van der Waals surface area (Å²) in [4.78, 5) is 27.9. The largest absolute Gasteiger partial charge is 0.497 e. The molecule has 0 aliphatic carbocycles. The first-order valence-corrected chi connectivity index (χ1v) is 10.5. The number of aliphatic imine (C=N–C) groups is 1. The van der Waals surface area contributed by atoms with Gasteiger partial charge in [0.2, 0.25) is 0 Å². The molecule has 0 atom stereocenters. The summed E-state index contributed by atoms with van der Waals surface area (Å²) in [7, 11) is 1.59. The number of amides is 1. The maximum absolute atomic E-state index is 12.3. The van der Waals surface area contributed by atoms with Crippen LogP contribution in [0.15, 0.2) is 55.2 Å². The van der Waals surface area contributed by atoms with Gasteiger partial charge in [-0.3, -0.25) is 4.79 Å². The Morgan fingerprint density at radius 2 is 1.90 bits per heavy atom. The number of ether oxygens (including phenoxy) is 2. The molecule has 2 aromatic rings. The fourth-order valence-corrected chi connectivity index (χ4v) is 4.63. The molecule has 2 N–H and O–H groups in total. The van der Waals surface area contributed by atoms with E-state index in [1.54, 1.807) is 49.6 Å². The summed E-state index contributed by atoms with van der Waals surface area (Å²) in [6.07, 6.45) is 1.72. The fourth-order valence-electron chi connectivity index (χ4n) is 2.34. The van der Waals surface area contributed by atoms with Gasteiger partial charge in [0.1, 0.15) is 11.5 Å². The van der Waals surface area contributed by atoms with Crippen molar-refractivity contribution in [3.63, 3.8) is 0 Å². The summed E-state index contributed by atoms with van der Waals surface area (Å²) in [5.41, 5.74) is 1.43. The zero-order valence-electron chi connectivity index (χ0n) is 14.9. The molecule has 150 valence electrons. The number of carboxylic acid groups (broad SMARTS) is 1. The number of halogens is 2. The third kappa shape index (κ3) is 5.62. The first-order valence-electron chi connectivity index (χ1n) is 8.13. The van der Waals surface area contributed by atoms with Crippen LogP contribution in [-0.4, -0.2) is 35.9 Å². The Bertz CT molecular complexity index is 999. The van der Waals surface area contributed by atoms with E-state index in [1.165, 1.54) is 11.8 Å². The molecule has 0 unspecified atom stereocenters. The van der Waals surface area contributed by atoms with Crippen molar-refractivity contribution < 1.29 is 24.2 Å². The minimum Gasteiger partial charge on any atom is -0.497 e. The molecule has 7 nitrogen and oxygen atoms in total. The molecule has 0 radical (unpaired) electrons. The van der Waals surface area contributed by atoms with Crippen molar-refractivity contribution >= 4 is 72.4 Å². The van der Waals surface area contributed by atoms with Crippen molar-refractivity contribution in [3.8, 4) is 11.5 Å². The highest BCUT2D eigenvalue weighted by Crippen LogP contribution is 2.36. The van der Waals surface area contributed by atoms with Crippen LogP contribution in [0.5, 0.6) is 11.5 Å². The normalized spacial score (nSPS) is 16.2. The molecule has 0 spiro atoms. The Kier molecular flexibility index (Phi) is 6.99. The van der Waals surface area contributed by atoms with E-state index >= 15 is 0 Å². The van der Waals surface area contributed by atoms with Crippen molar-refractivity contribution in [3.05, 3.63) is 55.8 Å². The van der Waals surface area contributed by atoms with E-state index in [0.29, 0.717) is 30.5 Å². The standard InChI is InChI=1S/C19H14Br2N2O5S/c1-27-12-4-2-11(3-5-12)22-19-23-18(26)15(29-19)8-10-6-13(20)17(14(21)7-10)28-9-16(24)25/h2-8H,9H2,1H3,(H,24,25)(H,22,23,26)/b15-8+. The lowest BCUT2D eigenvalue weighted by Crippen LogP contribution is -2.19. The number of hydrogen-bond donors (Lipinski definition) is 2. The number of thioether (sulfide) groups is 1. The number of amidine groups is 1. The molecule has 10 heteroatoms. The Labute approximate surface area is 187 Å². The van der Waals surface area contributed by atoms with E-state index in [-0.39, 0.29) is 5.91 Å². The average Bonchev–Trinajstić information content (AvgIpc) is 3.00. The van der Waals surface area contributed by atoms with Gasteiger partial charge in [-0.1, -0.05) is 0 Å². The third-order valence-electron chi connectivity index (χ3n) is 3.61. The van der Waals surface area contributed by atoms with Gasteiger partial charge in [0.15, 0.2) is 11.8 Å². The first-order chi connectivity index (χ1) is 13.9. The summed E-state index contributed by atoms with van der Waals surface area (Å²) in [5, 5.41) is 12.0. The van der Waals surface area contributed by atoms with Gasteiger partial charge in [-0.15, -0.1) is 0 Å². The van der Waals surface area contributed by atoms with Gasteiger partial charge in [0, 0.05) is 0 Å². The molecule has 2 aromatic carbocycles. The number of benzene rings is 2. The molecule has 0 saturated carbocycles. The summed E-state index contributed by atoms with van der Waals surface area (Å²) in [6, 6.07) is 10.7. The molecule has 1 amide bonds. The van der Waals surface area contributed by atoms with Crippen LogP contribution >= 0.6 is 43.6 Å². The van der Waals surface area contributed by atoms with Crippen LogP contribution in [0.25, 0.3) is 6.08 Å². The van der Waals surface area contributed by atoms with Gasteiger partial charge in [-0.05, 0) is 91.7 Å². The summed E-state index contributed by atoms with van der Waals surface area (Å²) < 4.78 is 11.5. The molecule has 1 aliphatic heterocycles. The second-order valence-corrected chi connectivity index (χ2v) is 8.42. The molecule has 0 bridgehead atoms. The van der Waals surface area contributed by atoms with Crippen LogP contribution in [-0.2, 0) is 9.59 Å². The van der Waals surface area contributed by atoms with Gasteiger partial charge in [-0.25, -0.2) is 9.79 Å². The number of nitrogens with one attached hydrogen (secondary N) is 1. The number of carbonyl (C=O) groups is 2. The van der Waals surface area contributed by atoms with Gasteiger partial charge >= 0.3 is 5.97 Å². The summed E-state index contributed by atoms with van der Waals surface area (Å²) in [5.74, 6) is -0.220. The van der Waals surface area contributed by atoms with Gasteiger partial charge in [-0.2, -0.15) is 0 Å². The molecule has 3 rings (SSSR count). The SMILES string of the molecule is COc1ccc(N=C2NC(=O)/C(=C\c3cc(Br)c(OCC(=O)O)c(Br)c3)S2)cc1. The zero-order chi connectivity index (χ0) is 21.0. The predicted molar refractivity (Wildman–Crippen MR) is 119 cm³/mol. The van der Waals surface area contributed by atoms with Crippen LogP contribution < -0.4 is 14.8 Å². The monoisotopic (exact) mass is 540 g/mol. The number of carboxylic acids is 1. The summed E-state index contributed by atoms with van der Waals surface area (Å²) in [6.45, 7) is -0.457. The van der Waals surface area contributed by atoms with E-state index < -0.39 is 12.6 Å². The van der Waals surface area contributed by atoms with E-state index in [9.17, 15) is 9.59 Å². The number of carbonyl (C=O) groups excluding carboxylic acids is 1. The second kappa shape index (κ2) is 9.47. The number of aliphatic carboxylic acids is 1. The Balaban J connectivity index is 1.79. The topological polar surface area (TPSA) is 97.2 Å². The molecule has 0 aromatic heterocycles. The Hall–Kier alpha value is -2.30. The van der Waals surface area contributed by atoms with Crippen molar-refractivity contribution in [2.75, 3.05) is 13.7 Å². The third-order valence-corrected chi connectivity index (χ3v) is 5.70. The van der Waals surface area contributed by atoms with Crippen LogP contribution in [0.2, 0.25) is 0 Å². The molecule has 1 saturated heterocycles. The quantitative estimate of drug-likeness (QED) is 0.520. The van der Waals surface area contributed by atoms with Crippen LogP contribution in [0, 0.1) is 0 Å². The van der Waals surface area contributed by atoms with Crippen LogP contribution in [0.4, 0.5) is 5.69 Å². The average molecular weight is 542 g/mol. The lowest BCUT2D eigenvalue weighted by molar-refractivity contribution is -0.139. The van der Waals surface area contributed by atoms with Gasteiger partial charge in [0.25, 0.3) is 5.91 Å². The van der Waals surface area contributed by atoms with Crippen molar-refractivity contribution in [1.82, 2.24) is 5.32 Å². The fraction of sp³-hybridized carbons (Fsp3) is 0.105. The minimum atomic E-state index is -1.07. The molecule has 1 fully saturated rings. The van der Waals surface area contributed by atoms with E-state index in [1.807, 2.05) is 0 Å². The first kappa shape index (κ1) is 21.4. The van der Waals surface area contributed by atoms with Crippen molar-refractivity contribution in [1.29, 1.82) is 0 Å². The second-order valence-electron chi connectivity index (χ2n) is 5.68. The molecular formula is C19H14Br2N2O5S. The Morgan fingerprint density at radius 1 is 1.24 bits per heavy atom. The van der Waals surface area contributed by atoms with E-state index in [0.717, 1.165) is 11.3 Å². The highest BCUT2D eigenvalue weighted by Gasteiger charge is 2.24. The number of hydrogen-bond acceptors (Lipinski definition) is 6. The highest BCUT2D eigenvalue weighted by molar-refractivity contribution is 9.11. The molecule has 1 heterocycles. The number of methoxy groups -OCH3 is 1. The maximum atomic E-state index is 12.3. The minimum absolute atomic E-state index is 0.249. The van der Waals surface area contributed by atoms with Gasteiger partial charge in [0.05, 0.1) is 26.6 Å². The lowest BCUT2D eigenvalue weighted by Gasteiger charge is -2.09. The lowest BCUT2D eigenvalue weighted by atomic mass is 10.2.